The molecule has 20 heavy (non-hydrogen) atoms. The maximum atomic E-state index is 14.2. The van der Waals surface area contributed by atoms with Crippen LogP contribution in [0, 0.1) is 5.82 Å². The summed E-state index contributed by atoms with van der Waals surface area (Å²) in [6.45, 7) is 0.515. The van der Waals surface area contributed by atoms with Gasteiger partial charge in [-0.15, -0.1) is 0 Å². The third-order valence-corrected chi connectivity index (χ3v) is 3.25. The fourth-order valence-electron chi connectivity index (χ4n) is 2.18. The molecular formula is C16H19FN2O. The van der Waals surface area contributed by atoms with Gasteiger partial charge < -0.3 is 15.4 Å². The number of anilines is 2. The second-order valence-electron chi connectivity index (χ2n) is 4.56. The lowest BCUT2D eigenvalue weighted by molar-refractivity contribution is 0.415. The number of para-hydroxylation sites is 2. The first kappa shape index (κ1) is 14.3. The molecule has 106 valence electrons. The van der Waals surface area contributed by atoms with Gasteiger partial charge in [-0.3, -0.25) is 0 Å². The minimum absolute atomic E-state index is 0.260. The number of rotatable bonds is 5. The lowest BCUT2D eigenvalue weighted by Gasteiger charge is -2.22. The molecule has 0 atom stereocenters. The zero-order valence-corrected chi connectivity index (χ0v) is 11.8. The summed E-state index contributed by atoms with van der Waals surface area (Å²) in [5.41, 5.74) is 7.72. The van der Waals surface area contributed by atoms with Crippen LogP contribution in [-0.2, 0) is 6.42 Å². The Morgan fingerprint density at radius 3 is 2.55 bits per heavy atom. The van der Waals surface area contributed by atoms with Gasteiger partial charge >= 0.3 is 0 Å². The van der Waals surface area contributed by atoms with E-state index in [1.807, 2.05) is 37.4 Å². The highest BCUT2D eigenvalue weighted by Gasteiger charge is 2.13. The van der Waals surface area contributed by atoms with E-state index >= 15 is 0 Å². The van der Waals surface area contributed by atoms with E-state index in [0.29, 0.717) is 24.4 Å². The van der Waals surface area contributed by atoms with Gasteiger partial charge in [0.05, 0.1) is 18.5 Å². The van der Waals surface area contributed by atoms with E-state index in [1.165, 1.54) is 6.07 Å². The van der Waals surface area contributed by atoms with Crippen molar-refractivity contribution in [1.29, 1.82) is 0 Å². The Hall–Kier alpha value is -2.07. The highest BCUT2D eigenvalue weighted by atomic mass is 19.1. The number of hydrogen-bond donors (Lipinski definition) is 1. The maximum absolute atomic E-state index is 14.2. The van der Waals surface area contributed by atoms with Gasteiger partial charge in [-0.2, -0.15) is 0 Å². The Morgan fingerprint density at radius 2 is 1.90 bits per heavy atom. The molecule has 0 aromatic heterocycles. The van der Waals surface area contributed by atoms with Gasteiger partial charge in [0.15, 0.2) is 0 Å². The van der Waals surface area contributed by atoms with Crippen LogP contribution in [0.4, 0.5) is 15.8 Å². The highest BCUT2D eigenvalue weighted by Crippen LogP contribution is 2.33. The molecule has 2 N–H and O–H groups in total. The average Bonchev–Trinajstić information content (AvgIpc) is 2.47. The van der Waals surface area contributed by atoms with Crippen LogP contribution in [-0.4, -0.2) is 20.7 Å². The molecule has 0 heterocycles. The van der Waals surface area contributed by atoms with Gasteiger partial charge in [0.1, 0.15) is 11.6 Å². The number of methoxy groups -OCH3 is 1. The van der Waals surface area contributed by atoms with E-state index in [1.54, 1.807) is 18.1 Å². The molecular weight excluding hydrogens is 255 g/mol. The summed E-state index contributed by atoms with van der Waals surface area (Å²) in [4.78, 5) is 1.78. The topological polar surface area (TPSA) is 38.5 Å². The normalized spacial score (nSPS) is 10.4. The Bertz CT molecular complexity index is 586. The number of nitrogens with two attached hydrogens (primary N) is 1. The summed E-state index contributed by atoms with van der Waals surface area (Å²) < 4.78 is 19.5. The molecule has 4 heteroatoms. The van der Waals surface area contributed by atoms with Crippen LogP contribution in [0.25, 0.3) is 0 Å². The molecule has 3 nitrogen and oxygen atoms in total. The van der Waals surface area contributed by atoms with Gasteiger partial charge in [-0.25, -0.2) is 4.39 Å². The molecule has 0 spiro atoms. The first-order chi connectivity index (χ1) is 9.67. The predicted octanol–water partition coefficient (Wildman–Crippen LogP) is 3.10. The average molecular weight is 274 g/mol. The minimum atomic E-state index is -0.260. The van der Waals surface area contributed by atoms with E-state index in [4.69, 9.17) is 10.5 Å². The lowest BCUT2D eigenvalue weighted by Crippen LogP contribution is -2.13. The van der Waals surface area contributed by atoms with Crippen molar-refractivity contribution in [2.24, 2.45) is 5.73 Å². The molecule has 0 amide bonds. The van der Waals surface area contributed by atoms with Gasteiger partial charge in [0.25, 0.3) is 0 Å². The van der Waals surface area contributed by atoms with Crippen LogP contribution in [0.3, 0.4) is 0 Å². The van der Waals surface area contributed by atoms with Gasteiger partial charge in [-0.05, 0) is 42.8 Å². The summed E-state index contributed by atoms with van der Waals surface area (Å²) >= 11 is 0. The molecule has 2 rings (SSSR count). The predicted molar refractivity (Wildman–Crippen MR) is 80.2 cm³/mol. The van der Waals surface area contributed by atoms with Gasteiger partial charge in [-0.1, -0.05) is 18.2 Å². The molecule has 0 radical (unpaired) electrons. The molecule has 2 aromatic carbocycles. The molecule has 0 saturated heterocycles. The van der Waals surface area contributed by atoms with Crippen molar-refractivity contribution in [3.8, 4) is 5.75 Å². The van der Waals surface area contributed by atoms with Crippen LogP contribution in [0.1, 0.15) is 5.56 Å². The zero-order valence-electron chi connectivity index (χ0n) is 11.8. The van der Waals surface area contributed by atoms with Gasteiger partial charge in [0.2, 0.25) is 0 Å². The molecule has 0 unspecified atom stereocenters. The standard InChI is InChI=1S/C16H19FN2O/c1-19(15-5-3-4-6-16(15)20-2)14-8-7-12(9-10-18)11-13(14)17/h3-8,11H,9-10,18H2,1-2H3. The van der Waals surface area contributed by atoms with E-state index in [-0.39, 0.29) is 5.82 Å². The summed E-state index contributed by atoms with van der Waals surface area (Å²) in [5, 5.41) is 0. The molecule has 0 saturated carbocycles. The van der Waals surface area contributed by atoms with Crippen molar-refractivity contribution in [3.63, 3.8) is 0 Å². The van der Waals surface area contributed by atoms with Crippen LogP contribution in [0.2, 0.25) is 0 Å². The fourth-order valence-corrected chi connectivity index (χ4v) is 2.18. The lowest BCUT2D eigenvalue weighted by atomic mass is 10.1. The molecule has 0 aliphatic carbocycles. The third kappa shape index (κ3) is 2.91. The molecule has 0 aliphatic heterocycles. The van der Waals surface area contributed by atoms with E-state index in [9.17, 15) is 4.39 Å². The van der Waals surface area contributed by atoms with Crippen molar-refractivity contribution < 1.29 is 9.13 Å². The molecule has 0 aliphatic rings. The third-order valence-electron chi connectivity index (χ3n) is 3.25. The summed E-state index contributed by atoms with van der Waals surface area (Å²) in [6.07, 6.45) is 0.676. The van der Waals surface area contributed by atoms with Crippen molar-refractivity contribution >= 4 is 11.4 Å². The summed E-state index contributed by atoms with van der Waals surface area (Å²) in [5.74, 6) is 0.449. The maximum Gasteiger partial charge on any atom is 0.147 e. The second-order valence-corrected chi connectivity index (χ2v) is 4.56. The van der Waals surface area contributed by atoms with Crippen molar-refractivity contribution in [2.45, 2.75) is 6.42 Å². The number of nitrogens with zero attached hydrogens (tertiary/aromatic N) is 1. The fraction of sp³-hybridized carbons (Fsp3) is 0.250. The van der Waals surface area contributed by atoms with Crippen molar-refractivity contribution in [2.75, 3.05) is 25.6 Å². The second kappa shape index (κ2) is 6.39. The molecule has 0 fully saturated rings. The first-order valence-electron chi connectivity index (χ1n) is 6.52. The minimum Gasteiger partial charge on any atom is -0.495 e. The van der Waals surface area contributed by atoms with Crippen molar-refractivity contribution in [3.05, 3.63) is 53.8 Å². The van der Waals surface area contributed by atoms with E-state index in [2.05, 4.69) is 0 Å². The summed E-state index contributed by atoms with van der Waals surface area (Å²) in [6, 6.07) is 12.7. The quantitative estimate of drug-likeness (QED) is 0.910. The Morgan fingerprint density at radius 1 is 1.15 bits per heavy atom. The Labute approximate surface area is 118 Å². The number of hydrogen-bond acceptors (Lipinski definition) is 3. The largest absolute Gasteiger partial charge is 0.495 e. The number of benzene rings is 2. The Balaban J connectivity index is 2.35. The van der Waals surface area contributed by atoms with Crippen LogP contribution in [0.15, 0.2) is 42.5 Å². The monoisotopic (exact) mass is 274 g/mol. The molecule has 2 aromatic rings. The van der Waals surface area contributed by atoms with Crippen LogP contribution < -0.4 is 15.4 Å². The molecule has 0 bridgehead atoms. The van der Waals surface area contributed by atoms with Crippen LogP contribution >= 0.6 is 0 Å². The smallest absolute Gasteiger partial charge is 0.147 e. The van der Waals surface area contributed by atoms with Crippen LogP contribution in [0.5, 0.6) is 5.75 Å². The van der Waals surface area contributed by atoms with Gasteiger partial charge in [0, 0.05) is 7.05 Å². The first-order valence-corrected chi connectivity index (χ1v) is 6.52. The Kier molecular flexibility index (Phi) is 4.58. The number of halogens is 1. The zero-order chi connectivity index (χ0) is 14.5. The summed E-state index contributed by atoms with van der Waals surface area (Å²) in [7, 11) is 3.42. The number of ether oxygens (including phenoxy) is 1. The SMILES string of the molecule is COc1ccccc1N(C)c1ccc(CCN)cc1F. The van der Waals surface area contributed by atoms with E-state index in [0.717, 1.165) is 11.3 Å². The highest BCUT2D eigenvalue weighted by molar-refractivity contribution is 5.69. The van der Waals surface area contributed by atoms with Crippen molar-refractivity contribution in [1.82, 2.24) is 0 Å². The van der Waals surface area contributed by atoms with E-state index < -0.39 is 0 Å².